The second kappa shape index (κ2) is 4.65. The molecule has 4 atom stereocenters. The molecule has 0 aromatic rings. The van der Waals surface area contributed by atoms with Crippen molar-refractivity contribution < 1.29 is 0 Å². The van der Waals surface area contributed by atoms with Crippen molar-refractivity contribution in [2.24, 2.45) is 23.0 Å². The molecule has 0 heterocycles. The smallest absolute Gasteiger partial charge is 0.00955 e. The van der Waals surface area contributed by atoms with Gasteiger partial charge in [-0.25, -0.2) is 0 Å². The molecule has 0 radical (unpaired) electrons. The summed E-state index contributed by atoms with van der Waals surface area (Å²) in [7, 11) is 0. The predicted octanol–water partition coefficient (Wildman–Crippen LogP) is 3.58. The first kappa shape index (κ1) is 12.0. The highest BCUT2D eigenvalue weighted by Crippen LogP contribution is 2.41. The Morgan fingerprint density at radius 3 is 2.50 bits per heavy atom. The third-order valence-electron chi connectivity index (χ3n) is 4.76. The van der Waals surface area contributed by atoms with Crippen LogP contribution < -0.4 is 5.73 Å². The Morgan fingerprint density at radius 1 is 1.36 bits per heavy atom. The second-order valence-corrected chi connectivity index (χ2v) is 5.53. The van der Waals surface area contributed by atoms with Gasteiger partial charge < -0.3 is 5.73 Å². The van der Waals surface area contributed by atoms with E-state index in [1.54, 1.807) is 0 Å². The number of hydrogen-bond donors (Lipinski definition) is 1. The zero-order valence-electron chi connectivity index (χ0n) is 10.3. The Balaban J connectivity index is 2.72. The summed E-state index contributed by atoms with van der Waals surface area (Å²) in [6.07, 6.45) is 6.47. The maximum absolute atomic E-state index is 6.35. The van der Waals surface area contributed by atoms with Crippen molar-refractivity contribution >= 4 is 0 Å². The van der Waals surface area contributed by atoms with E-state index in [0.29, 0.717) is 11.5 Å². The lowest BCUT2D eigenvalue weighted by Crippen LogP contribution is -2.39. The Kier molecular flexibility index (Phi) is 4.00. The summed E-state index contributed by atoms with van der Waals surface area (Å²) in [5.74, 6) is 1.73. The third-order valence-corrected chi connectivity index (χ3v) is 4.76. The van der Waals surface area contributed by atoms with E-state index >= 15 is 0 Å². The van der Waals surface area contributed by atoms with Crippen LogP contribution in [0.15, 0.2) is 0 Å². The molecule has 1 saturated carbocycles. The van der Waals surface area contributed by atoms with E-state index < -0.39 is 0 Å². The fraction of sp³-hybridized carbons (Fsp3) is 1.00. The highest BCUT2D eigenvalue weighted by molar-refractivity contribution is 4.90. The van der Waals surface area contributed by atoms with Gasteiger partial charge in [0, 0.05) is 6.04 Å². The molecule has 1 aliphatic rings. The highest BCUT2D eigenvalue weighted by atomic mass is 14.7. The van der Waals surface area contributed by atoms with E-state index in [9.17, 15) is 0 Å². The van der Waals surface area contributed by atoms with Crippen molar-refractivity contribution in [1.29, 1.82) is 0 Å². The average Bonchev–Trinajstić information content (AvgIpc) is 2.30. The molecule has 0 spiro atoms. The molecule has 0 amide bonds. The van der Waals surface area contributed by atoms with Gasteiger partial charge in [0.1, 0.15) is 0 Å². The summed E-state index contributed by atoms with van der Waals surface area (Å²) in [4.78, 5) is 0. The van der Waals surface area contributed by atoms with Crippen molar-refractivity contribution in [3.05, 3.63) is 0 Å². The zero-order valence-corrected chi connectivity index (χ0v) is 10.3. The molecule has 0 saturated heterocycles. The van der Waals surface area contributed by atoms with E-state index in [1.165, 1.54) is 32.1 Å². The van der Waals surface area contributed by atoms with Crippen LogP contribution in [0.25, 0.3) is 0 Å². The van der Waals surface area contributed by atoms with Crippen LogP contribution in [-0.4, -0.2) is 6.04 Å². The molecule has 0 aliphatic heterocycles. The first-order chi connectivity index (χ1) is 6.53. The predicted molar refractivity (Wildman–Crippen MR) is 63.2 cm³/mol. The van der Waals surface area contributed by atoms with Crippen LogP contribution in [0.2, 0.25) is 0 Å². The molecule has 0 aromatic carbocycles. The highest BCUT2D eigenvalue weighted by Gasteiger charge is 2.36. The summed E-state index contributed by atoms with van der Waals surface area (Å²) in [5.41, 5.74) is 6.75. The van der Waals surface area contributed by atoms with Gasteiger partial charge in [-0.1, -0.05) is 34.1 Å². The Labute approximate surface area is 89.5 Å². The van der Waals surface area contributed by atoms with Gasteiger partial charge in [-0.15, -0.1) is 0 Å². The molecule has 1 fully saturated rings. The van der Waals surface area contributed by atoms with Gasteiger partial charge in [-0.3, -0.25) is 0 Å². The first-order valence-electron chi connectivity index (χ1n) is 6.29. The maximum Gasteiger partial charge on any atom is 0.00955 e. The lowest BCUT2D eigenvalue weighted by Gasteiger charge is -2.33. The standard InChI is InChI=1S/C13H27N/c1-5-11-9-12(14)13(4,6-2)8-7-10(11)3/h10-12H,5-9,14H2,1-4H3. The van der Waals surface area contributed by atoms with Crippen LogP contribution in [-0.2, 0) is 0 Å². The molecular weight excluding hydrogens is 170 g/mol. The van der Waals surface area contributed by atoms with Crippen molar-refractivity contribution in [2.45, 2.75) is 65.8 Å². The largest absolute Gasteiger partial charge is 0.327 e. The van der Waals surface area contributed by atoms with Gasteiger partial charge in [-0.2, -0.15) is 0 Å². The van der Waals surface area contributed by atoms with Crippen molar-refractivity contribution in [2.75, 3.05) is 0 Å². The van der Waals surface area contributed by atoms with Crippen molar-refractivity contribution in [3.63, 3.8) is 0 Å². The molecule has 1 aliphatic carbocycles. The van der Waals surface area contributed by atoms with Gasteiger partial charge in [0.2, 0.25) is 0 Å². The first-order valence-corrected chi connectivity index (χ1v) is 6.29. The van der Waals surface area contributed by atoms with Crippen molar-refractivity contribution in [1.82, 2.24) is 0 Å². The van der Waals surface area contributed by atoms with Gasteiger partial charge in [-0.05, 0) is 42.9 Å². The molecule has 0 bridgehead atoms. The van der Waals surface area contributed by atoms with Crippen LogP contribution in [0.4, 0.5) is 0 Å². The minimum absolute atomic E-state index is 0.401. The molecule has 2 N–H and O–H groups in total. The monoisotopic (exact) mass is 197 g/mol. The molecule has 14 heavy (non-hydrogen) atoms. The second-order valence-electron chi connectivity index (χ2n) is 5.53. The third kappa shape index (κ3) is 2.31. The Hall–Kier alpha value is -0.0400. The quantitative estimate of drug-likeness (QED) is 0.673. The van der Waals surface area contributed by atoms with Gasteiger partial charge in [0.25, 0.3) is 0 Å². The van der Waals surface area contributed by atoms with Crippen LogP contribution in [0, 0.1) is 17.3 Å². The molecule has 84 valence electrons. The summed E-state index contributed by atoms with van der Waals surface area (Å²) < 4.78 is 0. The van der Waals surface area contributed by atoms with Crippen LogP contribution in [0.1, 0.15) is 59.8 Å². The van der Waals surface area contributed by atoms with E-state index in [1.807, 2.05) is 0 Å². The molecule has 4 unspecified atom stereocenters. The number of rotatable bonds is 2. The normalized spacial score (nSPS) is 44.8. The summed E-state index contributed by atoms with van der Waals surface area (Å²) >= 11 is 0. The van der Waals surface area contributed by atoms with Crippen molar-refractivity contribution in [3.8, 4) is 0 Å². The van der Waals surface area contributed by atoms with Crippen LogP contribution in [0.5, 0.6) is 0 Å². The molecule has 0 aromatic heterocycles. The Bertz CT molecular complexity index is 178. The summed E-state index contributed by atoms with van der Waals surface area (Å²) in [6, 6.07) is 0.419. The van der Waals surface area contributed by atoms with Gasteiger partial charge in [0.15, 0.2) is 0 Å². The van der Waals surface area contributed by atoms with E-state index in [4.69, 9.17) is 5.73 Å². The maximum atomic E-state index is 6.35. The fourth-order valence-corrected chi connectivity index (χ4v) is 2.83. The van der Waals surface area contributed by atoms with Gasteiger partial charge in [0.05, 0.1) is 0 Å². The minimum atomic E-state index is 0.401. The molecular formula is C13H27N. The minimum Gasteiger partial charge on any atom is -0.327 e. The fourth-order valence-electron chi connectivity index (χ4n) is 2.83. The Morgan fingerprint density at radius 2 is 2.00 bits per heavy atom. The van der Waals surface area contributed by atoms with Gasteiger partial charge >= 0.3 is 0 Å². The average molecular weight is 197 g/mol. The van der Waals surface area contributed by atoms with E-state index in [-0.39, 0.29) is 0 Å². The summed E-state index contributed by atoms with van der Waals surface area (Å²) in [5, 5.41) is 0. The van der Waals surface area contributed by atoms with Crippen LogP contribution in [0.3, 0.4) is 0 Å². The number of nitrogens with two attached hydrogens (primary N) is 1. The SMILES string of the molecule is CCC1CC(N)C(C)(CC)CCC1C. The molecule has 1 rings (SSSR count). The topological polar surface area (TPSA) is 26.0 Å². The lowest BCUT2D eigenvalue weighted by molar-refractivity contribution is 0.218. The van der Waals surface area contributed by atoms with Crippen LogP contribution >= 0.6 is 0 Å². The van der Waals surface area contributed by atoms with E-state index in [0.717, 1.165) is 11.8 Å². The molecule has 1 nitrogen and oxygen atoms in total. The van der Waals surface area contributed by atoms with E-state index in [2.05, 4.69) is 27.7 Å². The zero-order chi connectivity index (χ0) is 10.8. The lowest BCUT2D eigenvalue weighted by atomic mass is 9.76. The molecule has 1 heteroatoms. The summed E-state index contributed by atoms with van der Waals surface area (Å²) in [6.45, 7) is 9.38. The number of hydrogen-bond acceptors (Lipinski definition) is 1.